The van der Waals surface area contributed by atoms with Gasteiger partial charge in [-0.15, -0.1) is 0 Å². The Bertz CT molecular complexity index is 404. The van der Waals surface area contributed by atoms with E-state index in [0.717, 1.165) is 13.0 Å². The second-order valence-corrected chi connectivity index (χ2v) is 6.83. The van der Waals surface area contributed by atoms with Crippen LogP contribution in [0, 0.1) is 0 Å². The van der Waals surface area contributed by atoms with Crippen LogP contribution in [0.15, 0.2) is 24.3 Å². The average Bonchev–Trinajstić information content (AvgIpc) is 2.60. The molecule has 0 spiro atoms. The standard InChI is InChI=1S/C21H34O2/c1-3-5-7-9-11-20-16-23-21(17-22-20)19-14-12-18(13-15-19)10-8-6-4-2/h12-15,20-21H,3-11,16-17H2,1-2H3/t20-,21-/m0/s1. The number of aryl methyl sites for hydroxylation is 1. The topological polar surface area (TPSA) is 18.5 Å². The molecule has 0 aromatic heterocycles. The van der Waals surface area contributed by atoms with Gasteiger partial charge in [-0.3, -0.25) is 0 Å². The summed E-state index contributed by atoms with van der Waals surface area (Å²) in [5, 5.41) is 0. The fourth-order valence-electron chi connectivity index (χ4n) is 3.18. The molecule has 1 saturated heterocycles. The maximum Gasteiger partial charge on any atom is 0.106 e. The lowest BCUT2D eigenvalue weighted by atomic mass is 10.0. The van der Waals surface area contributed by atoms with Gasteiger partial charge in [0.1, 0.15) is 6.10 Å². The van der Waals surface area contributed by atoms with Gasteiger partial charge >= 0.3 is 0 Å². The minimum atomic E-state index is 0.117. The molecule has 1 aliphatic heterocycles. The van der Waals surface area contributed by atoms with Crippen molar-refractivity contribution in [2.75, 3.05) is 13.2 Å². The third-order valence-electron chi connectivity index (χ3n) is 4.77. The highest BCUT2D eigenvalue weighted by atomic mass is 16.6. The van der Waals surface area contributed by atoms with Gasteiger partial charge in [-0.2, -0.15) is 0 Å². The molecule has 1 aromatic rings. The number of benzene rings is 1. The molecule has 1 fully saturated rings. The predicted molar refractivity (Wildman–Crippen MR) is 96.9 cm³/mol. The lowest BCUT2D eigenvalue weighted by Gasteiger charge is -2.30. The van der Waals surface area contributed by atoms with Crippen LogP contribution in [0.5, 0.6) is 0 Å². The van der Waals surface area contributed by atoms with Crippen molar-refractivity contribution in [1.82, 2.24) is 0 Å². The second-order valence-electron chi connectivity index (χ2n) is 6.83. The number of hydrogen-bond donors (Lipinski definition) is 0. The van der Waals surface area contributed by atoms with Crippen molar-refractivity contribution in [2.24, 2.45) is 0 Å². The molecule has 0 saturated carbocycles. The fraction of sp³-hybridized carbons (Fsp3) is 0.714. The van der Waals surface area contributed by atoms with E-state index in [1.54, 1.807) is 0 Å². The quantitative estimate of drug-likeness (QED) is 0.504. The average molecular weight is 319 g/mol. The van der Waals surface area contributed by atoms with Crippen molar-refractivity contribution >= 4 is 0 Å². The molecule has 130 valence electrons. The lowest BCUT2D eigenvalue weighted by Crippen LogP contribution is -2.31. The monoisotopic (exact) mass is 318 g/mol. The summed E-state index contributed by atoms with van der Waals surface area (Å²) < 4.78 is 12.1. The highest BCUT2D eigenvalue weighted by Crippen LogP contribution is 2.25. The molecule has 1 heterocycles. The van der Waals surface area contributed by atoms with Crippen molar-refractivity contribution in [1.29, 1.82) is 0 Å². The first-order valence-corrected chi connectivity index (χ1v) is 9.65. The number of unbranched alkanes of at least 4 members (excludes halogenated alkanes) is 5. The van der Waals surface area contributed by atoms with E-state index in [9.17, 15) is 0 Å². The molecule has 1 aromatic carbocycles. The molecule has 0 radical (unpaired) electrons. The van der Waals surface area contributed by atoms with Gasteiger partial charge in [-0.05, 0) is 30.4 Å². The smallest absolute Gasteiger partial charge is 0.106 e. The summed E-state index contributed by atoms with van der Waals surface area (Å²) in [4.78, 5) is 0. The van der Waals surface area contributed by atoms with Crippen LogP contribution in [0.4, 0.5) is 0 Å². The fourth-order valence-corrected chi connectivity index (χ4v) is 3.18. The minimum absolute atomic E-state index is 0.117. The molecule has 2 rings (SSSR count). The normalized spacial score (nSPS) is 21.5. The van der Waals surface area contributed by atoms with Crippen LogP contribution in [0.1, 0.15) is 82.4 Å². The Morgan fingerprint density at radius 1 is 0.826 bits per heavy atom. The van der Waals surface area contributed by atoms with E-state index in [1.807, 2.05) is 0 Å². The molecule has 2 heteroatoms. The Kier molecular flexibility index (Phi) is 8.70. The lowest BCUT2D eigenvalue weighted by molar-refractivity contribution is -0.137. The first-order chi connectivity index (χ1) is 11.3. The van der Waals surface area contributed by atoms with E-state index in [4.69, 9.17) is 9.47 Å². The molecular formula is C21H34O2. The zero-order valence-corrected chi connectivity index (χ0v) is 15.1. The van der Waals surface area contributed by atoms with Gasteiger partial charge in [0.15, 0.2) is 0 Å². The van der Waals surface area contributed by atoms with Crippen molar-refractivity contribution in [2.45, 2.75) is 83.8 Å². The minimum Gasteiger partial charge on any atom is -0.373 e. The number of hydrogen-bond acceptors (Lipinski definition) is 2. The first kappa shape index (κ1) is 18.5. The Balaban J connectivity index is 1.70. The summed E-state index contributed by atoms with van der Waals surface area (Å²) >= 11 is 0. The van der Waals surface area contributed by atoms with Gasteiger partial charge < -0.3 is 9.47 Å². The summed E-state index contributed by atoms with van der Waals surface area (Å²) in [6.07, 6.45) is 11.9. The number of ether oxygens (including phenoxy) is 2. The van der Waals surface area contributed by atoms with E-state index in [0.29, 0.717) is 12.7 Å². The molecule has 0 bridgehead atoms. The molecule has 1 aliphatic rings. The maximum absolute atomic E-state index is 6.05. The van der Waals surface area contributed by atoms with E-state index in [1.165, 1.54) is 62.5 Å². The van der Waals surface area contributed by atoms with E-state index in [-0.39, 0.29) is 6.10 Å². The molecule has 0 aliphatic carbocycles. The summed E-state index contributed by atoms with van der Waals surface area (Å²) in [6.45, 7) is 5.95. The third kappa shape index (κ3) is 6.64. The second kappa shape index (κ2) is 10.8. The van der Waals surface area contributed by atoms with Crippen molar-refractivity contribution < 1.29 is 9.47 Å². The Morgan fingerprint density at radius 2 is 1.57 bits per heavy atom. The molecule has 0 unspecified atom stereocenters. The van der Waals surface area contributed by atoms with Gasteiger partial charge in [0.25, 0.3) is 0 Å². The molecule has 2 atom stereocenters. The Labute approximate surface area is 142 Å². The molecule has 2 nitrogen and oxygen atoms in total. The zero-order valence-electron chi connectivity index (χ0n) is 15.1. The molecular weight excluding hydrogens is 284 g/mol. The van der Waals surface area contributed by atoms with Crippen molar-refractivity contribution in [3.8, 4) is 0 Å². The summed E-state index contributed by atoms with van der Waals surface area (Å²) in [6, 6.07) is 8.95. The number of rotatable bonds is 10. The van der Waals surface area contributed by atoms with Crippen molar-refractivity contribution in [3.63, 3.8) is 0 Å². The SMILES string of the molecule is CCCCCC[C@H]1CO[C@H](c2ccc(CCCCC)cc2)CO1. The predicted octanol–water partition coefficient (Wildman–Crippen LogP) is 5.85. The van der Waals surface area contributed by atoms with Crippen molar-refractivity contribution in [3.05, 3.63) is 35.4 Å². The van der Waals surface area contributed by atoms with Crippen LogP contribution >= 0.6 is 0 Å². The maximum atomic E-state index is 6.05. The van der Waals surface area contributed by atoms with Crippen LogP contribution < -0.4 is 0 Å². The molecule has 23 heavy (non-hydrogen) atoms. The van der Waals surface area contributed by atoms with E-state index in [2.05, 4.69) is 38.1 Å². The highest BCUT2D eigenvalue weighted by molar-refractivity contribution is 5.24. The van der Waals surface area contributed by atoms with E-state index < -0.39 is 0 Å². The van der Waals surface area contributed by atoms with Gasteiger partial charge in [-0.25, -0.2) is 0 Å². The largest absolute Gasteiger partial charge is 0.373 e. The summed E-state index contributed by atoms with van der Waals surface area (Å²) in [7, 11) is 0. The molecule has 0 amide bonds. The van der Waals surface area contributed by atoms with Crippen LogP contribution in [-0.4, -0.2) is 19.3 Å². The highest BCUT2D eigenvalue weighted by Gasteiger charge is 2.23. The third-order valence-corrected chi connectivity index (χ3v) is 4.77. The first-order valence-electron chi connectivity index (χ1n) is 9.65. The van der Waals surface area contributed by atoms with Gasteiger partial charge in [0.05, 0.1) is 19.3 Å². The van der Waals surface area contributed by atoms with Crippen LogP contribution in [0.25, 0.3) is 0 Å². The van der Waals surface area contributed by atoms with E-state index >= 15 is 0 Å². The van der Waals surface area contributed by atoms with Crippen LogP contribution in [-0.2, 0) is 15.9 Å². The zero-order chi connectivity index (χ0) is 16.3. The van der Waals surface area contributed by atoms with Crippen LogP contribution in [0.2, 0.25) is 0 Å². The van der Waals surface area contributed by atoms with Gasteiger partial charge in [0.2, 0.25) is 0 Å². The Morgan fingerprint density at radius 3 is 2.22 bits per heavy atom. The van der Waals surface area contributed by atoms with Crippen LogP contribution in [0.3, 0.4) is 0 Å². The van der Waals surface area contributed by atoms with Gasteiger partial charge in [-0.1, -0.05) is 76.6 Å². The summed E-state index contributed by atoms with van der Waals surface area (Å²) in [5.74, 6) is 0. The Hall–Kier alpha value is -0.860. The summed E-state index contributed by atoms with van der Waals surface area (Å²) in [5.41, 5.74) is 2.70. The molecule has 0 N–H and O–H groups in total. The van der Waals surface area contributed by atoms with Gasteiger partial charge in [0, 0.05) is 0 Å².